The van der Waals surface area contributed by atoms with Crippen LogP contribution in [0.5, 0.6) is 0 Å². The highest BCUT2D eigenvalue weighted by Gasteiger charge is 2.30. The van der Waals surface area contributed by atoms with E-state index in [4.69, 9.17) is 5.73 Å². The number of anilines is 1. The molecule has 1 atom stereocenters. The zero-order chi connectivity index (χ0) is 14.5. The van der Waals surface area contributed by atoms with E-state index in [2.05, 4.69) is 0 Å². The molecular formula is C17H19NO2. The van der Waals surface area contributed by atoms with Crippen LogP contribution in [0.2, 0.25) is 0 Å². The van der Waals surface area contributed by atoms with E-state index in [0.29, 0.717) is 5.69 Å². The number of nitrogens with two attached hydrogens (primary N) is 1. The van der Waals surface area contributed by atoms with Crippen molar-refractivity contribution in [3.8, 4) is 11.1 Å². The summed E-state index contributed by atoms with van der Waals surface area (Å²) in [5.74, 6) is -0.0641. The molecule has 0 radical (unpaired) electrons. The van der Waals surface area contributed by atoms with E-state index in [0.717, 1.165) is 27.8 Å². The third-order valence-electron chi connectivity index (χ3n) is 4.06. The highest BCUT2D eigenvalue weighted by Crippen LogP contribution is 2.46. The number of aliphatic hydroxyl groups is 2. The van der Waals surface area contributed by atoms with Crippen molar-refractivity contribution >= 4 is 5.69 Å². The number of nitrogen functional groups attached to an aromatic ring is 1. The largest absolute Gasteiger partial charge is 0.399 e. The summed E-state index contributed by atoms with van der Waals surface area (Å²) in [6.07, 6.45) is 0. The molecule has 2 aromatic rings. The first-order valence-corrected chi connectivity index (χ1v) is 6.79. The van der Waals surface area contributed by atoms with Gasteiger partial charge in [0.05, 0.1) is 12.2 Å². The van der Waals surface area contributed by atoms with Crippen molar-refractivity contribution in [2.75, 3.05) is 12.3 Å². The van der Waals surface area contributed by atoms with Gasteiger partial charge in [-0.2, -0.15) is 0 Å². The van der Waals surface area contributed by atoms with Crippen LogP contribution in [0, 0.1) is 0 Å². The summed E-state index contributed by atoms with van der Waals surface area (Å²) in [5.41, 5.74) is 10.9. The summed E-state index contributed by atoms with van der Waals surface area (Å²) < 4.78 is 0. The maximum atomic E-state index is 10.2. The summed E-state index contributed by atoms with van der Waals surface area (Å²) >= 11 is 0. The van der Waals surface area contributed by atoms with Gasteiger partial charge in [0, 0.05) is 11.6 Å². The van der Waals surface area contributed by atoms with Crippen LogP contribution in [0.15, 0.2) is 36.4 Å². The zero-order valence-electron chi connectivity index (χ0n) is 11.7. The fourth-order valence-electron chi connectivity index (χ4n) is 2.96. The van der Waals surface area contributed by atoms with Gasteiger partial charge in [-0.05, 0) is 53.8 Å². The van der Waals surface area contributed by atoms with Gasteiger partial charge in [0.2, 0.25) is 0 Å². The van der Waals surface area contributed by atoms with Crippen LogP contribution in [0.3, 0.4) is 0 Å². The number of benzene rings is 2. The second kappa shape index (κ2) is 4.33. The van der Waals surface area contributed by atoms with Crippen LogP contribution in [-0.4, -0.2) is 16.8 Å². The molecule has 104 valence electrons. The lowest BCUT2D eigenvalue weighted by Gasteiger charge is -2.20. The van der Waals surface area contributed by atoms with Gasteiger partial charge in [-0.1, -0.05) is 24.3 Å². The van der Waals surface area contributed by atoms with Crippen LogP contribution in [0.4, 0.5) is 5.69 Å². The predicted octanol–water partition coefficient (Wildman–Crippen LogP) is 2.60. The van der Waals surface area contributed by atoms with Crippen molar-refractivity contribution in [1.29, 1.82) is 0 Å². The smallest absolute Gasteiger partial charge is 0.0840 e. The SMILES string of the molecule is CC(C)(O)c1ccc2c(c1)C(CO)c1cc(N)ccc1-2. The normalized spacial score (nSPS) is 16.9. The predicted molar refractivity (Wildman–Crippen MR) is 80.5 cm³/mol. The summed E-state index contributed by atoms with van der Waals surface area (Å²) in [7, 11) is 0. The van der Waals surface area contributed by atoms with Gasteiger partial charge in [0.25, 0.3) is 0 Å². The average Bonchev–Trinajstić information content (AvgIpc) is 2.69. The molecule has 20 heavy (non-hydrogen) atoms. The highest BCUT2D eigenvalue weighted by atomic mass is 16.3. The first-order valence-electron chi connectivity index (χ1n) is 6.79. The van der Waals surface area contributed by atoms with E-state index in [1.54, 1.807) is 13.8 Å². The zero-order valence-corrected chi connectivity index (χ0v) is 11.7. The summed E-state index contributed by atoms with van der Waals surface area (Å²) in [4.78, 5) is 0. The molecule has 1 aliphatic rings. The minimum atomic E-state index is -0.886. The Morgan fingerprint density at radius 2 is 1.65 bits per heavy atom. The molecule has 0 aromatic heterocycles. The molecule has 3 heteroatoms. The van der Waals surface area contributed by atoms with Crippen molar-refractivity contribution in [3.05, 3.63) is 53.1 Å². The van der Waals surface area contributed by atoms with Crippen molar-refractivity contribution in [2.24, 2.45) is 0 Å². The Morgan fingerprint density at radius 3 is 2.25 bits per heavy atom. The molecule has 1 unspecified atom stereocenters. The molecule has 0 aliphatic heterocycles. The van der Waals surface area contributed by atoms with Crippen molar-refractivity contribution < 1.29 is 10.2 Å². The van der Waals surface area contributed by atoms with Crippen molar-refractivity contribution in [3.63, 3.8) is 0 Å². The Bertz CT molecular complexity index is 671. The molecule has 2 aromatic carbocycles. The van der Waals surface area contributed by atoms with Gasteiger partial charge in [-0.15, -0.1) is 0 Å². The number of hydrogen-bond acceptors (Lipinski definition) is 3. The lowest BCUT2D eigenvalue weighted by Crippen LogP contribution is -2.16. The van der Waals surface area contributed by atoms with Gasteiger partial charge >= 0.3 is 0 Å². The van der Waals surface area contributed by atoms with E-state index in [9.17, 15) is 10.2 Å². The fraction of sp³-hybridized carbons (Fsp3) is 0.294. The summed E-state index contributed by atoms with van der Waals surface area (Å²) in [6.45, 7) is 3.57. The van der Waals surface area contributed by atoms with Crippen LogP contribution in [0.1, 0.15) is 36.5 Å². The van der Waals surface area contributed by atoms with E-state index < -0.39 is 5.60 Å². The number of aliphatic hydroxyl groups excluding tert-OH is 1. The van der Waals surface area contributed by atoms with E-state index in [1.165, 1.54) is 0 Å². The Labute approximate surface area is 118 Å². The minimum Gasteiger partial charge on any atom is -0.399 e. The van der Waals surface area contributed by atoms with Gasteiger partial charge in [-0.25, -0.2) is 0 Å². The lowest BCUT2D eigenvalue weighted by molar-refractivity contribution is 0.0785. The van der Waals surface area contributed by atoms with E-state index in [1.807, 2.05) is 36.4 Å². The first-order chi connectivity index (χ1) is 9.41. The molecule has 0 spiro atoms. The first kappa shape index (κ1) is 13.2. The Balaban J connectivity index is 2.21. The third-order valence-corrected chi connectivity index (χ3v) is 4.06. The molecule has 0 heterocycles. The number of fused-ring (bicyclic) bond motifs is 3. The number of hydrogen-bond donors (Lipinski definition) is 3. The van der Waals surface area contributed by atoms with Gasteiger partial charge in [-0.3, -0.25) is 0 Å². The summed E-state index contributed by atoms with van der Waals surface area (Å²) in [5, 5.41) is 19.9. The topological polar surface area (TPSA) is 66.5 Å². The molecule has 0 amide bonds. The van der Waals surface area contributed by atoms with Crippen LogP contribution < -0.4 is 5.73 Å². The molecule has 3 nitrogen and oxygen atoms in total. The van der Waals surface area contributed by atoms with Gasteiger partial charge in [0.1, 0.15) is 0 Å². The average molecular weight is 269 g/mol. The molecule has 0 fully saturated rings. The second-order valence-corrected chi connectivity index (χ2v) is 5.94. The molecular weight excluding hydrogens is 250 g/mol. The maximum Gasteiger partial charge on any atom is 0.0840 e. The van der Waals surface area contributed by atoms with E-state index >= 15 is 0 Å². The highest BCUT2D eigenvalue weighted by molar-refractivity contribution is 5.80. The quantitative estimate of drug-likeness (QED) is 0.734. The van der Waals surface area contributed by atoms with Crippen LogP contribution >= 0.6 is 0 Å². The monoisotopic (exact) mass is 269 g/mol. The standard InChI is InChI=1S/C17H19NO2/c1-17(2,20)10-3-5-12-13-6-4-11(18)8-15(13)16(9-19)14(12)7-10/h3-8,16,19-20H,9,18H2,1-2H3. The second-order valence-electron chi connectivity index (χ2n) is 5.94. The molecule has 0 saturated carbocycles. The van der Waals surface area contributed by atoms with Crippen LogP contribution in [-0.2, 0) is 5.60 Å². The van der Waals surface area contributed by atoms with E-state index in [-0.39, 0.29) is 12.5 Å². The Hall–Kier alpha value is -1.84. The summed E-state index contributed by atoms with van der Waals surface area (Å²) in [6, 6.07) is 11.8. The number of rotatable bonds is 2. The van der Waals surface area contributed by atoms with Gasteiger partial charge in [0.15, 0.2) is 0 Å². The molecule has 0 saturated heterocycles. The Kier molecular flexibility index (Phi) is 2.85. The van der Waals surface area contributed by atoms with Crippen molar-refractivity contribution in [2.45, 2.75) is 25.4 Å². The van der Waals surface area contributed by atoms with Crippen molar-refractivity contribution in [1.82, 2.24) is 0 Å². The lowest BCUT2D eigenvalue weighted by atomic mass is 9.91. The van der Waals surface area contributed by atoms with Crippen LogP contribution in [0.25, 0.3) is 11.1 Å². The minimum absolute atomic E-state index is 0.0404. The Morgan fingerprint density at radius 1 is 1.05 bits per heavy atom. The van der Waals surface area contributed by atoms with Gasteiger partial charge < -0.3 is 15.9 Å². The molecule has 4 N–H and O–H groups in total. The maximum absolute atomic E-state index is 10.2. The molecule has 1 aliphatic carbocycles. The third kappa shape index (κ3) is 1.90. The fourth-order valence-corrected chi connectivity index (χ4v) is 2.96. The molecule has 3 rings (SSSR count). The molecule has 0 bridgehead atoms.